The van der Waals surface area contributed by atoms with E-state index in [1.54, 1.807) is 23.1 Å². The van der Waals surface area contributed by atoms with Crippen molar-refractivity contribution in [3.05, 3.63) is 54.1 Å². The topological polar surface area (TPSA) is 75.4 Å². The Morgan fingerprint density at radius 3 is 3.00 bits per heavy atom. The molecule has 0 radical (unpaired) electrons. The Labute approximate surface area is 158 Å². The lowest BCUT2D eigenvalue weighted by Gasteiger charge is -2.18. The third kappa shape index (κ3) is 3.75. The van der Waals surface area contributed by atoms with Gasteiger partial charge in [-0.2, -0.15) is 13.2 Å². The molecule has 0 spiro atoms. The van der Waals surface area contributed by atoms with E-state index in [2.05, 4.69) is 20.5 Å². The van der Waals surface area contributed by atoms with Gasteiger partial charge in [0.25, 0.3) is 0 Å². The SMILES string of the molecule is O=C(Cc1cccc(C(F)(F)F)c1)NC1CCN(c2nccn3cnnc23)C1. The maximum atomic E-state index is 12.8. The Bertz CT molecular complexity index is 1000. The van der Waals surface area contributed by atoms with E-state index in [1.165, 1.54) is 12.1 Å². The van der Waals surface area contributed by atoms with E-state index in [-0.39, 0.29) is 18.4 Å². The van der Waals surface area contributed by atoms with Gasteiger partial charge in [0.2, 0.25) is 11.6 Å². The lowest BCUT2D eigenvalue weighted by molar-refractivity contribution is -0.137. The smallest absolute Gasteiger partial charge is 0.351 e. The maximum absolute atomic E-state index is 12.8. The molecule has 1 saturated heterocycles. The molecule has 1 aliphatic rings. The molecule has 4 rings (SSSR count). The number of nitrogens with zero attached hydrogens (tertiary/aromatic N) is 5. The molecule has 1 amide bonds. The zero-order valence-electron chi connectivity index (χ0n) is 14.7. The Kier molecular flexibility index (Phi) is 4.62. The molecule has 1 N–H and O–H groups in total. The summed E-state index contributed by atoms with van der Waals surface area (Å²) in [5.41, 5.74) is 0.216. The van der Waals surface area contributed by atoms with Gasteiger partial charge in [0.1, 0.15) is 6.33 Å². The van der Waals surface area contributed by atoms with Crippen LogP contribution in [0, 0.1) is 0 Å². The number of hydrogen-bond acceptors (Lipinski definition) is 5. The van der Waals surface area contributed by atoms with Crippen LogP contribution >= 0.6 is 0 Å². The normalized spacial score (nSPS) is 17.2. The fourth-order valence-electron chi connectivity index (χ4n) is 3.36. The molecule has 1 unspecified atom stereocenters. The summed E-state index contributed by atoms with van der Waals surface area (Å²) in [6, 6.07) is 4.73. The molecule has 1 atom stereocenters. The number of amides is 1. The Morgan fingerprint density at radius 1 is 1.32 bits per heavy atom. The number of halogens is 3. The van der Waals surface area contributed by atoms with E-state index in [0.29, 0.717) is 36.5 Å². The van der Waals surface area contributed by atoms with Gasteiger partial charge in [-0.1, -0.05) is 18.2 Å². The van der Waals surface area contributed by atoms with Gasteiger partial charge in [0, 0.05) is 31.5 Å². The highest BCUT2D eigenvalue weighted by Gasteiger charge is 2.31. The molecule has 3 aromatic rings. The average molecular weight is 390 g/mol. The summed E-state index contributed by atoms with van der Waals surface area (Å²) in [7, 11) is 0. The van der Waals surface area contributed by atoms with Crippen LogP contribution in [0.4, 0.5) is 19.0 Å². The average Bonchev–Trinajstić information content (AvgIpc) is 3.30. The van der Waals surface area contributed by atoms with E-state index >= 15 is 0 Å². The number of carbonyl (C=O) groups is 1. The molecule has 1 aromatic carbocycles. The molecule has 3 heterocycles. The lowest BCUT2D eigenvalue weighted by Crippen LogP contribution is -2.38. The predicted octanol–water partition coefficient (Wildman–Crippen LogP) is 2.08. The maximum Gasteiger partial charge on any atom is 0.416 e. The zero-order valence-corrected chi connectivity index (χ0v) is 14.7. The van der Waals surface area contributed by atoms with Gasteiger partial charge in [-0.3, -0.25) is 9.20 Å². The van der Waals surface area contributed by atoms with Gasteiger partial charge in [-0.25, -0.2) is 4.98 Å². The lowest BCUT2D eigenvalue weighted by atomic mass is 10.1. The number of rotatable bonds is 4. The second-order valence-corrected chi connectivity index (χ2v) is 6.69. The summed E-state index contributed by atoms with van der Waals surface area (Å²) in [6.07, 6.45) is 1.19. The van der Waals surface area contributed by atoms with E-state index in [1.807, 2.05) is 4.90 Å². The number of aromatic nitrogens is 4. The first-order valence-corrected chi connectivity index (χ1v) is 8.75. The van der Waals surface area contributed by atoms with Crippen molar-refractivity contribution < 1.29 is 18.0 Å². The van der Waals surface area contributed by atoms with Gasteiger partial charge in [0.05, 0.1) is 12.0 Å². The second kappa shape index (κ2) is 7.10. The molecule has 2 aromatic heterocycles. The van der Waals surface area contributed by atoms with Gasteiger partial charge < -0.3 is 10.2 Å². The van der Waals surface area contributed by atoms with Crippen LogP contribution in [0.2, 0.25) is 0 Å². The first-order chi connectivity index (χ1) is 13.4. The summed E-state index contributed by atoms with van der Waals surface area (Å²) < 4.78 is 40.2. The fourth-order valence-corrected chi connectivity index (χ4v) is 3.36. The molecular weight excluding hydrogens is 373 g/mol. The second-order valence-electron chi connectivity index (χ2n) is 6.69. The summed E-state index contributed by atoms with van der Waals surface area (Å²) in [4.78, 5) is 18.7. The van der Waals surface area contributed by atoms with Crippen molar-refractivity contribution in [2.45, 2.75) is 25.1 Å². The van der Waals surface area contributed by atoms with Crippen LogP contribution in [0.25, 0.3) is 5.65 Å². The third-order valence-corrected chi connectivity index (χ3v) is 4.67. The summed E-state index contributed by atoms with van der Waals surface area (Å²) in [5.74, 6) is 0.384. The van der Waals surface area contributed by atoms with Crippen molar-refractivity contribution in [2.75, 3.05) is 18.0 Å². The van der Waals surface area contributed by atoms with Crippen LogP contribution in [0.5, 0.6) is 0 Å². The van der Waals surface area contributed by atoms with Gasteiger partial charge >= 0.3 is 6.18 Å². The van der Waals surface area contributed by atoms with E-state index < -0.39 is 11.7 Å². The van der Waals surface area contributed by atoms with Crippen LogP contribution in [0.15, 0.2) is 43.0 Å². The molecular formula is C18H17F3N6O. The van der Waals surface area contributed by atoms with E-state index in [9.17, 15) is 18.0 Å². The molecule has 0 bridgehead atoms. The van der Waals surface area contributed by atoms with Crippen molar-refractivity contribution in [2.24, 2.45) is 0 Å². The first-order valence-electron chi connectivity index (χ1n) is 8.75. The largest absolute Gasteiger partial charge is 0.416 e. The predicted molar refractivity (Wildman–Crippen MR) is 94.7 cm³/mol. The molecule has 10 heteroatoms. The van der Waals surface area contributed by atoms with Gasteiger partial charge in [-0.05, 0) is 18.1 Å². The number of anilines is 1. The van der Waals surface area contributed by atoms with Gasteiger partial charge in [0.15, 0.2) is 5.82 Å². The van der Waals surface area contributed by atoms with Crippen molar-refractivity contribution >= 4 is 17.4 Å². The zero-order chi connectivity index (χ0) is 19.7. The molecule has 7 nitrogen and oxygen atoms in total. The molecule has 0 saturated carbocycles. The van der Waals surface area contributed by atoms with E-state index in [0.717, 1.165) is 12.1 Å². The van der Waals surface area contributed by atoms with Crippen LogP contribution < -0.4 is 10.2 Å². The molecule has 1 fully saturated rings. The summed E-state index contributed by atoms with van der Waals surface area (Å²) in [5, 5.41) is 10.8. The van der Waals surface area contributed by atoms with Crippen LogP contribution in [-0.2, 0) is 17.4 Å². The van der Waals surface area contributed by atoms with Crippen molar-refractivity contribution in [1.82, 2.24) is 24.9 Å². The van der Waals surface area contributed by atoms with Gasteiger partial charge in [-0.15, -0.1) is 10.2 Å². The minimum Gasteiger partial charge on any atom is -0.351 e. The van der Waals surface area contributed by atoms with Crippen LogP contribution in [-0.4, -0.2) is 44.6 Å². The monoisotopic (exact) mass is 390 g/mol. The Morgan fingerprint density at radius 2 is 2.18 bits per heavy atom. The first kappa shape index (κ1) is 18.2. The van der Waals surface area contributed by atoms with Crippen molar-refractivity contribution in [1.29, 1.82) is 0 Å². The number of benzene rings is 1. The minimum absolute atomic E-state index is 0.0988. The third-order valence-electron chi connectivity index (χ3n) is 4.67. The number of carbonyl (C=O) groups excluding carboxylic acids is 1. The van der Waals surface area contributed by atoms with Crippen molar-refractivity contribution in [3.8, 4) is 0 Å². The summed E-state index contributed by atoms with van der Waals surface area (Å²) >= 11 is 0. The molecule has 146 valence electrons. The fraction of sp³-hybridized carbons (Fsp3) is 0.333. The quantitative estimate of drug-likeness (QED) is 0.738. The number of hydrogen-bond donors (Lipinski definition) is 1. The highest BCUT2D eigenvalue weighted by atomic mass is 19.4. The number of nitrogens with one attached hydrogen (secondary N) is 1. The van der Waals surface area contributed by atoms with Crippen LogP contribution in [0.3, 0.4) is 0 Å². The van der Waals surface area contributed by atoms with E-state index in [4.69, 9.17) is 0 Å². The van der Waals surface area contributed by atoms with Crippen molar-refractivity contribution in [3.63, 3.8) is 0 Å². The van der Waals surface area contributed by atoms with Crippen LogP contribution in [0.1, 0.15) is 17.5 Å². The molecule has 28 heavy (non-hydrogen) atoms. The molecule has 1 aliphatic heterocycles. The Balaban J connectivity index is 1.38. The highest BCUT2D eigenvalue weighted by Crippen LogP contribution is 2.29. The number of fused-ring (bicyclic) bond motifs is 1. The molecule has 0 aliphatic carbocycles. The highest BCUT2D eigenvalue weighted by molar-refractivity contribution is 5.79. The Hall–Kier alpha value is -3.17. The number of alkyl halides is 3. The minimum atomic E-state index is -4.42. The standard InChI is InChI=1S/C18H17F3N6O/c19-18(20,21)13-3-1-2-12(8-13)9-15(28)24-14-4-6-26(10-14)16-17-25-23-11-27(17)7-5-22-16/h1-3,5,7-8,11,14H,4,6,9-10H2,(H,24,28). The summed E-state index contributed by atoms with van der Waals surface area (Å²) in [6.45, 7) is 1.24.